The highest BCUT2D eigenvalue weighted by atomic mass is 32.1. The fourth-order valence-electron chi connectivity index (χ4n) is 3.58. The van der Waals surface area contributed by atoms with E-state index in [4.69, 9.17) is 0 Å². The number of nitrogens with zero attached hydrogens (tertiary/aromatic N) is 1. The predicted octanol–water partition coefficient (Wildman–Crippen LogP) is 3.90. The normalized spacial score (nSPS) is 31.2. The van der Waals surface area contributed by atoms with Crippen LogP contribution in [0.15, 0.2) is 24.3 Å². The van der Waals surface area contributed by atoms with Crippen LogP contribution >= 0.6 is 11.5 Å². The van der Waals surface area contributed by atoms with Gasteiger partial charge in [-0.1, -0.05) is 18.6 Å². The van der Waals surface area contributed by atoms with Gasteiger partial charge in [0.25, 0.3) is 0 Å². The summed E-state index contributed by atoms with van der Waals surface area (Å²) >= 11 is 1.62. The van der Waals surface area contributed by atoms with Crippen molar-refractivity contribution in [3.63, 3.8) is 0 Å². The first-order valence-electron chi connectivity index (χ1n) is 6.51. The first kappa shape index (κ1) is 9.89. The summed E-state index contributed by atoms with van der Waals surface area (Å²) in [7, 11) is 0. The Labute approximate surface area is 105 Å². The zero-order chi connectivity index (χ0) is 11.2. The summed E-state index contributed by atoms with van der Waals surface area (Å²) in [6, 6.07) is 9.13. The molecule has 0 radical (unpaired) electrons. The van der Waals surface area contributed by atoms with Gasteiger partial charge in [-0.15, -0.1) is 0 Å². The van der Waals surface area contributed by atoms with Gasteiger partial charge in [0.15, 0.2) is 0 Å². The second-order valence-corrected chi connectivity index (χ2v) is 6.23. The van der Waals surface area contributed by atoms with Crippen LogP contribution in [0.2, 0.25) is 0 Å². The molecule has 0 saturated heterocycles. The topological polar surface area (TPSA) is 24.9 Å². The number of rotatable bonds is 2. The van der Waals surface area contributed by atoms with Crippen molar-refractivity contribution in [1.82, 2.24) is 4.37 Å². The van der Waals surface area contributed by atoms with E-state index >= 15 is 0 Å². The lowest BCUT2D eigenvalue weighted by molar-refractivity contribution is 0.440. The molecule has 2 bridgehead atoms. The van der Waals surface area contributed by atoms with E-state index < -0.39 is 0 Å². The molecule has 0 aliphatic heterocycles. The third-order valence-electron chi connectivity index (χ3n) is 4.44. The highest BCUT2D eigenvalue weighted by molar-refractivity contribution is 7.11. The monoisotopic (exact) mass is 244 g/mol. The van der Waals surface area contributed by atoms with Crippen molar-refractivity contribution in [1.29, 1.82) is 0 Å². The Kier molecular flexibility index (Phi) is 2.15. The van der Waals surface area contributed by atoms with Gasteiger partial charge in [0.05, 0.1) is 5.52 Å². The van der Waals surface area contributed by atoms with Crippen molar-refractivity contribution >= 4 is 27.4 Å². The summed E-state index contributed by atoms with van der Waals surface area (Å²) in [6.45, 7) is 0. The number of fused-ring (bicyclic) bond motifs is 3. The standard InChI is InChI=1S/C14H16N2S/c1-2-4-12-11(3-1)14(17-16-12)15-13-8-9-5-6-10(13)7-9/h1-4,9-10,13,15H,5-8H2. The Morgan fingerprint density at radius 1 is 1.18 bits per heavy atom. The Morgan fingerprint density at radius 3 is 2.94 bits per heavy atom. The highest BCUT2D eigenvalue weighted by Crippen LogP contribution is 2.46. The van der Waals surface area contributed by atoms with Gasteiger partial charge in [0.1, 0.15) is 5.00 Å². The molecule has 2 fully saturated rings. The molecule has 1 heterocycles. The second kappa shape index (κ2) is 3.70. The number of anilines is 1. The van der Waals surface area contributed by atoms with Gasteiger partial charge in [0, 0.05) is 11.4 Å². The maximum Gasteiger partial charge on any atom is 0.117 e. The molecule has 1 aromatic carbocycles. The van der Waals surface area contributed by atoms with Gasteiger partial charge >= 0.3 is 0 Å². The minimum atomic E-state index is 0.706. The first-order chi connectivity index (χ1) is 8.40. The molecule has 3 atom stereocenters. The van der Waals surface area contributed by atoms with E-state index in [9.17, 15) is 0 Å². The van der Waals surface area contributed by atoms with Gasteiger partial charge < -0.3 is 5.32 Å². The molecule has 0 amide bonds. The van der Waals surface area contributed by atoms with Gasteiger partial charge in [-0.25, -0.2) is 0 Å². The first-order valence-corrected chi connectivity index (χ1v) is 7.28. The zero-order valence-corrected chi connectivity index (χ0v) is 10.5. The number of nitrogens with one attached hydrogen (secondary N) is 1. The SMILES string of the molecule is c1ccc2c(NC3CC4CCC3C4)snc2c1. The molecule has 0 spiro atoms. The number of benzene rings is 1. The van der Waals surface area contributed by atoms with Crippen molar-refractivity contribution in [2.75, 3.05) is 5.32 Å². The Balaban J connectivity index is 1.63. The lowest BCUT2D eigenvalue weighted by Crippen LogP contribution is -2.25. The number of aromatic nitrogens is 1. The van der Waals surface area contributed by atoms with Crippen LogP contribution in [0.5, 0.6) is 0 Å². The molecule has 2 saturated carbocycles. The van der Waals surface area contributed by atoms with Crippen molar-refractivity contribution < 1.29 is 0 Å². The predicted molar refractivity (Wildman–Crippen MR) is 72.5 cm³/mol. The average molecular weight is 244 g/mol. The van der Waals surface area contributed by atoms with Gasteiger partial charge in [-0.3, -0.25) is 0 Å². The van der Waals surface area contributed by atoms with Crippen LogP contribution < -0.4 is 5.32 Å². The van der Waals surface area contributed by atoms with Crippen molar-refractivity contribution in [2.24, 2.45) is 11.8 Å². The van der Waals surface area contributed by atoms with E-state index in [-0.39, 0.29) is 0 Å². The minimum Gasteiger partial charge on any atom is -0.372 e. The number of hydrogen-bond donors (Lipinski definition) is 1. The molecule has 2 aliphatic carbocycles. The summed E-state index contributed by atoms with van der Waals surface area (Å²) in [4.78, 5) is 0. The summed E-state index contributed by atoms with van der Waals surface area (Å²) in [6.07, 6.45) is 5.72. The van der Waals surface area contributed by atoms with Gasteiger partial charge in [-0.05, 0) is 54.8 Å². The molecule has 17 heavy (non-hydrogen) atoms. The average Bonchev–Trinajstić information content (AvgIpc) is 3.05. The van der Waals surface area contributed by atoms with E-state index in [2.05, 4.69) is 34.0 Å². The molecule has 88 valence electrons. The smallest absolute Gasteiger partial charge is 0.117 e. The summed E-state index contributed by atoms with van der Waals surface area (Å²) in [5.74, 6) is 1.91. The van der Waals surface area contributed by atoms with Crippen molar-refractivity contribution in [2.45, 2.75) is 31.7 Å². The molecular weight excluding hydrogens is 228 g/mol. The second-order valence-electron chi connectivity index (χ2n) is 5.45. The summed E-state index contributed by atoms with van der Waals surface area (Å²) in [5.41, 5.74) is 1.13. The van der Waals surface area contributed by atoms with E-state index in [1.165, 1.54) is 36.1 Å². The molecule has 2 nitrogen and oxygen atoms in total. The Morgan fingerprint density at radius 2 is 2.12 bits per heavy atom. The third kappa shape index (κ3) is 1.56. The molecule has 4 rings (SSSR count). The summed E-state index contributed by atoms with van der Waals surface area (Å²) < 4.78 is 4.50. The Bertz CT molecular complexity index is 548. The Hall–Kier alpha value is -1.09. The van der Waals surface area contributed by atoms with E-state index in [0.29, 0.717) is 6.04 Å². The molecule has 1 N–H and O–H groups in total. The third-order valence-corrected chi connectivity index (χ3v) is 5.25. The molecule has 2 aliphatic rings. The van der Waals surface area contributed by atoms with Crippen LogP contribution in [0.3, 0.4) is 0 Å². The summed E-state index contributed by atoms with van der Waals surface area (Å²) in [5, 5.41) is 6.32. The lowest BCUT2D eigenvalue weighted by Gasteiger charge is -2.23. The quantitative estimate of drug-likeness (QED) is 0.866. The molecular formula is C14H16N2S. The van der Waals surface area contributed by atoms with Crippen molar-refractivity contribution in [3.8, 4) is 0 Å². The van der Waals surface area contributed by atoms with E-state index in [1.807, 2.05) is 0 Å². The highest BCUT2D eigenvalue weighted by Gasteiger charge is 2.39. The zero-order valence-electron chi connectivity index (χ0n) is 9.73. The molecule has 2 aromatic rings. The van der Waals surface area contributed by atoms with E-state index in [0.717, 1.165) is 17.4 Å². The largest absolute Gasteiger partial charge is 0.372 e. The van der Waals surface area contributed by atoms with Crippen LogP contribution in [0.1, 0.15) is 25.7 Å². The number of hydrogen-bond acceptors (Lipinski definition) is 3. The van der Waals surface area contributed by atoms with Crippen LogP contribution in [0.25, 0.3) is 10.9 Å². The molecule has 1 aromatic heterocycles. The molecule has 3 unspecified atom stereocenters. The molecule has 3 heteroatoms. The van der Waals surface area contributed by atoms with Crippen LogP contribution in [-0.2, 0) is 0 Å². The van der Waals surface area contributed by atoms with Gasteiger partial charge in [0.2, 0.25) is 0 Å². The maximum atomic E-state index is 4.50. The van der Waals surface area contributed by atoms with Crippen molar-refractivity contribution in [3.05, 3.63) is 24.3 Å². The van der Waals surface area contributed by atoms with E-state index in [1.54, 1.807) is 11.5 Å². The van der Waals surface area contributed by atoms with Crippen LogP contribution in [0.4, 0.5) is 5.00 Å². The fraction of sp³-hybridized carbons (Fsp3) is 0.500. The lowest BCUT2D eigenvalue weighted by atomic mass is 9.95. The minimum absolute atomic E-state index is 0.706. The fourth-order valence-corrected chi connectivity index (χ4v) is 4.41. The van der Waals surface area contributed by atoms with Crippen LogP contribution in [0, 0.1) is 11.8 Å². The maximum absolute atomic E-state index is 4.50. The van der Waals surface area contributed by atoms with Gasteiger partial charge in [-0.2, -0.15) is 4.37 Å². The van der Waals surface area contributed by atoms with Crippen LogP contribution in [-0.4, -0.2) is 10.4 Å².